The van der Waals surface area contributed by atoms with Crippen LogP contribution in [0.1, 0.15) is 5.56 Å². The second kappa shape index (κ2) is 4.22. The van der Waals surface area contributed by atoms with E-state index in [9.17, 15) is 0 Å². The van der Waals surface area contributed by atoms with Crippen molar-refractivity contribution in [3.05, 3.63) is 28.8 Å². The van der Waals surface area contributed by atoms with Crippen molar-refractivity contribution in [2.24, 2.45) is 0 Å². The number of nitriles is 1. The summed E-state index contributed by atoms with van der Waals surface area (Å²) in [5, 5.41) is 9.99. The number of halogens is 1. The van der Waals surface area contributed by atoms with Gasteiger partial charge in [-0.25, -0.2) is 0 Å². The molecule has 0 radical (unpaired) electrons. The van der Waals surface area contributed by atoms with Crippen LogP contribution in [0.2, 0.25) is 5.02 Å². The Balaban J connectivity index is 2.19. The van der Waals surface area contributed by atoms with Gasteiger partial charge in [0.1, 0.15) is 6.07 Å². The fourth-order valence-electron chi connectivity index (χ4n) is 1.15. The second-order valence-corrected chi connectivity index (χ2v) is 4.81. The highest BCUT2D eigenvalue weighted by atomic mass is 35.5. The third kappa shape index (κ3) is 2.03. The molecule has 14 heavy (non-hydrogen) atoms. The molecule has 0 bridgehead atoms. The summed E-state index contributed by atoms with van der Waals surface area (Å²) in [5.74, 6) is 0. The van der Waals surface area contributed by atoms with Crippen LogP contribution in [-0.2, 0) is 4.74 Å². The highest BCUT2D eigenvalue weighted by Crippen LogP contribution is 2.31. The molecule has 72 valence electrons. The average Bonchev–Trinajstić information content (AvgIpc) is 2.13. The molecule has 2 rings (SSSR count). The van der Waals surface area contributed by atoms with E-state index < -0.39 is 0 Å². The van der Waals surface area contributed by atoms with Crippen LogP contribution in [0, 0.1) is 11.3 Å². The number of nitrogens with zero attached hydrogens (tertiary/aromatic N) is 1. The first-order valence-electron chi connectivity index (χ1n) is 4.23. The molecule has 0 N–H and O–H groups in total. The quantitative estimate of drug-likeness (QED) is 0.776. The summed E-state index contributed by atoms with van der Waals surface area (Å²) >= 11 is 7.48. The van der Waals surface area contributed by atoms with Crippen molar-refractivity contribution >= 4 is 23.4 Å². The molecule has 0 atom stereocenters. The Bertz CT molecular complexity index is 384. The van der Waals surface area contributed by atoms with E-state index >= 15 is 0 Å². The van der Waals surface area contributed by atoms with Gasteiger partial charge < -0.3 is 4.74 Å². The van der Waals surface area contributed by atoms with Gasteiger partial charge in [0.25, 0.3) is 0 Å². The van der Waals surface area contributed by atoms with Crippen molar-refractivity contribution in [3.8, 4) is 6.07 Å². The summed E-state index contributed by atoms with van der Waals surface area (Å²) in [5.41, 5.74) is 0.648. The predicted molar refractivity (Wildman–Crippen MR) is 56.6 cm³/mol. The molecule has 1 aromatic rings. The van der Waals surface area contributed by atoms with Crippen LogP contribution in [-0.4, -0.2) is 18.5 Å². The van der Waals surface area contributed by atoms with Gasteiger partial charge in [-0.05, 0) is 18.2 Å². The minimum atomic E-state index is 0.489. The molecule has 1 heterocycles. The Morgan fingerprint density at radius 1 is 1.50 bits per heavy atom. The molecular formula is C10H8ClNOS. The summed E-state index contributed by atoms with van der Waals surface area (Å²) in [7, 11) is 0. The molecule has 2 nitrogen and oxygen atoms in total. The zero-order valence-corrected chi connectivity index (χ0v) is 8.94. The van der Waals surface area contributed by atoms with E-state index in [2.05, 4.69) is 6.07 Å². The Kier molecular flexibility index (Phi) is 2.97. The first kappa shape index (κ1) is 9.85. The lowest BCUT2D eigenvalue weighted by Gasteiger charge is -2.25. The number of benzene rings is 1. The van der Waals surface area contributed by atoms with E-state index in [0.29, 0.717) is 15.8 Å². The van der Waals surface area contributed by atoms with Gasteiger partial charge in [0.2, 0.25) is 0 Å². The third-order valence-electron chi connectivity index (χ3n) is 1.96. The molecule has 1 aliphatic heterocycles. The Morgan fingerprint density at radius 2 is 2.29 bits per heavy atom. The maximum Gasteiger partial charge on any atom is 0.100 e. The Labute approximate surface area is 91.8 Å². The predicted octanol–water partition coefficient (Wildman–Crippen LogP) is 2.70. The van der Waals surface area contributed by atoms with Crippen molar-refractivity contribution in [2.45, 2.75) is 10.1 Å². The number of ether oxygens (including phenoxy) is 1. The van der Waals surface area contributed by atoms with Crippen LogP contribution in [0.3, 0.4) is 0 Å². The SMILES string of the molecule is N#Cc1cc(Cl)ccc1SC1COC1. The molecule has 1 saturated heterocycles. The van der Waals surface area contributed by atoms with Crippen molar-refractivity contribution in [2.75, 3.05) is 13.2 Å². The molecular weight excluding hydrogens is 218 g/mol. The van der Waals surface area contributed by atoms with Crippen LogP contribution >= 0.6 is 23.4 Å². The minimum Gasteiger partial charge on any atom is -0.379 e. The Hall–Kier alpha value is -0.690. The summed E-state index contributed by atoms with van der Waals surface area (Å²) in [6, 6.07) is 7.54. The van der Waals surface area contributed by atoms with E-state index in [1.165, 1.54) is 0 Å². The molecule has 1 fully saturated rings. The topological polar surface area (TPSA) is 33.0 Å². The van der Waals surface area contributed by atoms with E-state index in [4.69, 9.17) is 21.6 Å². The fourth-order valence-corrected chi connectivity index (χ4v) is 2.39. The maximum absolute atomic E-state index is 8.89. The van der Waals surface area contributed by atoms with Crippen molar-refractivity contribution in [1.29, 1.82) is 5.26 Å². The minimum absolute atomic E-state index is 0.489. The molecule has 1 aliphatic rings. The smallest absolute Gasteiger partial charge is 0.100 e. The molecule has 0 saturated carbocycles. The number of rotatable bonds is 2. The molecule has 1 aromatic carbocycles. The van der Waals surface area contributed by atoms with Crippen LogP contribution < -0.4 is 0 Å². The Morgan fingerprint density at radius 3 is 2.86 bits per heavy atom. The lowest BCUT2D eigenvalue weighted by atomic mass is 10.2. The summed E-state index contributed by atoms with van der Waals surface area (Å²) in [6.45, 7) is 1.55. The van der Waals surface area contributed by atoms with Gasteiger partial charge in [-0.2, -0.15) is 5.26 Å². The standard InChI is InChI=1S/C10H8ClNOS/c11-8-1-2-10(7(3-8)4-12)14-9-5-13-6-9/h1-3,9H,5-6H2. The highest BCUT2D eigenvalue weighted by molar-refractivity contribution is 8.00. The first-order chi connectivity index (χ1) is 6.79. The van der Waals surface area contributed by atoms with Crippen molar-refractivity contribution in [1.82, 2.24) is 0 Å². The molecule has 0 spiro atoms. The van der Waals surface area contributed by atoms with Gasteiger partial charge >= 0.3 is 0 Å². The fraction of sp³-hybridized carbons (Fsp3) is 0.300. The van der Waals surface area contributed by atoms with Crippen molar-refractivity contribution < 1.29 is 4.74 Å². The zero-order valence-electron chi connectivity index (χ0n) is 7.37. The average molecular weight is 226 g/mol. The molecule has 0 unspecified atom stereocenters. The van der Waals surface area contributed by atoms with Gasteiger partial charge in [-0.3, -0.25) is 0 Å². The third-order valence-corrected chi connectivity index (χ3v) is 3.41. The summed E-state index contributed by atoms with van der Waals surface area (Å²) < 4.78 is 5.07. The van der Waals surface area contributed by atoms with Gasteiger partial charge in [0.05, 0.1) is 24.0 Å². The lowest BCUT2D eigenvalue weighted by molar-refractivity contribution is 0.0455. The molecule has 0 aliphatic carbocycles. The normalized spacial score (nSPS) is 16.0. The first-order valence-corrected chi connectivity index (χ1v) is 5.49. The van der Waals surface area contributed by atoms with Crippen LogP contribution in [0.4, 0.5) is 0 Å². The van der Waals surface area contributed by atoms with E-state index in [1.54, 1.807) is 17.8 Å². The second-order valence-electron chi connectivity index (χ2n) is 3.03. The van der Waals surface area contributed by atoms with Gasteiger partial charge in [-0.15, -0.1) is 11.8 Å². The maximum atomic E-state index is 8.89. The number of hydrogen-bond donors (Lipinski definition) is 0. The van der Waals surface area contributed by atoms with Crippen LogP contribution in [0.25, 0.3) is 0 Å². The van der Waals surface area contributed by atoms with Gasteiger partial charge in [0.15, 0.2) is 0 Å². The largest absolute Gasteiger partial charge is 0.379 e. The number of hydrogen-bond acceptors (Lipinski definition) is 3. The van der Waals surface area contributed by atoms with Gasteiger partial charge in [-0.1, -0.05) is 11.6 Å². The molecule has 0 aromatic heterocycles. The van der Waals surface area contributed by atoms with Crippen LogP contribution in [0.5, 0.6) is 0 Å². The van der Waals surface area contributed by atoms with E-state index in [0.717, 1.165) is 18.1 Å². The van der Waals surface area contributed by atoms with Gasteiger partial charge in [0, 0.05) is 9.92 Å². The van der Waals surface area contributed by atoms with E-state index in [1.807, 2.05) is 12.1 Å². The highest BCUT2D eigenvalue weighted by Gasteiger charge is 2.20. The number of thioether (sulfide) groups is 1. The van der Waals surface area contributed by atoms with Crippen LogP contribution in [0.15, 0.2) is 23.1 Å². The molecule has 4 heteroatoms. The summed E-state index contributed by atoms with van der Waals surface area (Å²) in [4.78, 5) is 0.991. The zero-order chi connectivity index (χ0) is 9.97. The lowest BCUT2D eigenvalue weighted by Crippen LogP contribution is -2.30. The summed E-state index contributed by atoms with van der Waals surface area (Å²) in [6.07, 6.45) is 0. The molecule has 0 amide bonds. The van der Waals surface area contributed by atoms with Crippen molar-refractivity contribution in [3.63, 3.8) is 0 Å². The monoisotopic (exact) mass is 225 g/mol. The van der Waals surface area contributed by atoms with E-state index in [-0.39, 0.29) is 0 Å².